The van der Waals surface area contributed by atoms with Gasteiger partial charge in [0.1, 0.15) is 6.07 Å². The fraction of sp³-hybridized carbons (Fsp3) is 0.125. The molecule has 2 N–H and O–H groups in total. The van der Waals surface area contributed by atoms with Crippen molar-refractivity contribution in [3.63, 3.8) is 0 Å². The lowest BCUT2D eigenvalue weighted by Gasteiger charge is -2.05. The third kappa shape index (κ3) is 2.61. The third-order valence-electron chi connectivity index (χ3n) is 1.74. The maximum absolute atomic E-state index is 11.1. The van der Waals surface area contributed by atoms with E-state index in [2.05, 4.69) is 0 Å². The van der Waals surface area contributed by atoms with E-state index in [1.165, 1.54) is 6.07 Å². The van der Waals surface area contributed by atoms with E-state index in [4.69, 9.17) is 33.3 Å². The van der Waals surface area contributed by atoms with Crippen molar-refractivity contribution >= 4 is 31.3 Å². The summed E-state index contributed by atoms with van der Waals surface area (Å²) >= 11 is 5.79. The van der Waals surface area contributed by atoms with Crippen molar-refractivity contribution in [1.82, 2.24) is 0 Å². The Morgan fingerprint density at radius 2 is 2.07 bits per heavy atom. The van der Waals surface area contributed by atoms with E-state index < -0.39 is 9.05 Å². The van der Waals surface area contributed by atoms with Crippen LogP contribution in [-0.2, 0) is 15.6 Å². The van der Waals surface area contributed by atoms with Gasteiger partial charge in [-0.2, -0.15) is 5.26 Å². The molecule has 0 saturated heterocycles. The molecule has 0 radical (unpaired) electrons. The molecular weight excluding hydrogens is 259 g/mol. The zero-order valence-corrected chi connectivity index (χ0v) is 9.70. The second kappa shape index (κ2) is 4.37. The average Bonchev–Trinajstić information content (AvgIpc) is 2.16. The monoisotopic (exact) mass is 264 g/mol. The van der Waals surface area contributed by atoms with Crippen LogP contribution in [0.2, 0.25) is 5.02 Å². The minimum atomic E-state index is -3.88. The van der Waals surface area contributed by atoms with Gasteiger partial charge >= 0.3 is 0 Å². The van der Waals surface area contributed by atoms with Gasteiger partial charge in [-0.25, -0.2) is 8.42 Å². The molecule has 0 aliphatic heterocycles. The second-order valence-corrected chi connectivity index (χ2v) is 5.64. The number of nitrogens with zero attached hydrogens (tertiary/aromatic N) is 1. The molecule has 1 aromatic rings. The van der Waals surface area contributed by atoms with E-state index in [0.29, 0.717) is 5.56 Å². The topological polar surface area (TPSA) is 84.0 Å². The van der Waals surface area contributed by atoms with Crippen LogP contribution in [0.5, 0.6) is 0 Å². The van der Waals surface area contributed by atoms with Gasteiger partial charge < -0.3 is 5.73 Å². The Morgan fingerprint density at radius 1 is 1.47 bits per heavy atom. The Kier molecular flexibility index (Phi) is 3.58. The van der Waals surface area contributed by atoms with E-state index in [-0.39, 0.29) is 22.0 Å². The molecule has 0 unspecified atom stereocenters. The maximum atomic E-state index is 11.1. The summed E-state index contributed by atoms with van der Waals surface area (Å²) in [5, 5.41) is 8.87. The molecule has 0 spiro atoms. The molecule has 0 amide bonds. The molecule has 0 saturated carbocycles. The van der Waals surface area contributed by atoms with Crippen LogP contribution in [0.4, 0.5) is 0 Å². The van der Waals surface area contributed by atoms with Gasteiger partial charge in [0.2, 0.25) is 0 Å². The van der Waals surface area contributed by atoms with E-state index >= 15 is 0 Å². The number of hydrogen-bond donors (Lipinski definition) is 1. The number of benzene rings is 1. The predicted molar refractivity (Wildman–Crippen MR) is 57.1 cm³/mol. The van der Waals surface area contributed by atoms with Crippen molar-refractivity contribution in [2.75, 3.05) is 0 Å². The lowest BCUT2D eigenvalue weighted by Crippen LogP contribution is -2.02. The normalized spacial score (nSPS) is 11.1. The predicted octanol–water partition coefficient (Wildman–Crippen LogP) is 1.60. The van der Waals surface area contributed by atoms with Crippen LogP contribution in [0.25, 0.3) is 0 Å². The lowest BCUT2D eigenvalue weighted by atomic mass is 10.1. The average molecular weight is 265 g/mol. The summed E-state index contributed by atoms with van der Waals surface area (Å²) in [6.45, 7) is 0.0355. The minimum absolute atomic E-state index is 0.0355. The number of nitrogens with two attached hydrogens (primary N) is 1. The molecule has 0 aromatic heterocycles. The maximum Gasteiger partial charge on any atom is 0.261 e. The summed E-state index contributed by atoms with van der Waals surface area (Å²) in [6, 6.07) is 4.14. The highest BCUT2D eigenvalue weighted by Crippen LogP contribution is 2.26. The summed E-state index contributed by atoms with van der Waals surface area (Å²) in [4.78, 5) is -0.175. The summed E-state index contributed by atoms with van der Waals surface area (Å²) in [6.07, 6.45) is 0. The largest absolute Gasteiger partial charge is 0.326 e. The number of hydrogen-bond acceptors (Lipinski definition) is 4. The van der Waals surface area contributed by atoms with E-state index in [1.807, 2.05) is 0 Å². The van der Waals surface area contributed by atoms with Crippen molar-refractivity contribution in [3.05, 3.63) is 28.3 Å². The second-order valence-electron chi connectivity index (χ2n) is 2.70. The van der Waals surface area contributed by atoms with Gasteiger partial charge in [0, 0.05) is 17.2 Å². The van der Waals surface area contributed by atoms with Crippen molar-refractivity contribution < 1.29 is 8.42 Å². The molecule has 4 nitrogen and oxygen atoms in total. The van der Waals surface area contributed by atoms with Crippen molar-refractivity contribution in [2.24, 2.45) is 5.73 Å². The van der Waals surface area contributed by atoms with Crippen LogP contribution in [0.15, 0.2) is 17.0 Å². The minimum Gasteiger partial charge on any atom is -0.326 e. The molecule has 7 heteroatoms. The summed E-state index contributed by atoms with van der Waals surface area (Å²) in [7, 11) is 1.27. The molecule has 0 fully saturated rings. The molecule has 1 aromatic carbocycles. The van der Waals surface area contributed by atoms with Crippen LogP contribution in [-0.4, -0.2) is 8.42 Å². The van der Waals surface area contributed by atoms with Crippen LogP contribution in [0.3, 0.4) is 0 Å². The summed E-state index contributed by atoms with van der Waals surface area (Å²) in [5.41, 5.74) is 5.77. The van der Waals surface area contributed by atoms with Crippen LogP contribution in [0.1, 0.15) is 11.1 Å². The van der Waals surface area contributed by atoms with Gasteiger partial charge in [-0.05, 0) is 17.7 Å². The zero-order chi connectivity index (χ0) is 11.6. The van der Waals surface area contributed by atoms with Gasteiger partial charge in [-0.15, -0.1) is 0 Å². The first-order chi connectivity index (χ1) is 6.90. The van der Waals surface area contributed by atoms with Crippen LogP contribution in [0, 0.1) is 11.3 Å². The third-order valence-corrected chi connectivity index (χ3v) is 3.52. The van der Waals surface area contributed by atoms with Crippen molar-refractivity contribution in [3.8, 4) is 6.07 Å². The first-order valence-electron chi connectivity index (χ1n) is 3.77. The van der Waals surface area contributed by atoms with Crippen molar-refractivity contribution in [1.29, 1.82) is 5.26 Å². The standard InChI is InChI=1S/C8H6Cl2N2O2S/c9-8-5(3-11)1-7(15(10,13)14)2-6(8)4-12/h1-2H,3,11H2. The molecule has 0 heterocycles. The fourth-order valence-corrected chi connectivity index (χ4v) is 2.06. The molecule has 15 heavy (non-hydrogen) atoms. The SMILES string of the molecule is N#Cc1cc(S(=O)(=O)Cl)cc(CN)c1Cl. The number of rotatable bonds is 2. The molecule has 0 aliphatic rings. The smallest absolute Gasteiger partial charge is 0.261 e. The molecule has 0 bridgehead atoms. The van der Waals surface area contributed by atoms with Gasteiger partial charge in [0.05, 0.1) is 15.5 Å². The van der Waals surface area contributed by atoms with Gasteiger partial charge in [-0.1, -0.05) is 11.6 Å². The van der Waals surface area contributed by atoms with E-state index in [1.54, 1.807) is 6.07 Å². The fourth-order valence-electron chi connectivity index (χ4n) is 1.03. The zero-order valence-electron chi connectivity index (χ0n) is 7.37. The Morgan fingerprint density at radius 3 is 2.47 bits per heavy atom. The summed E-state index contributed by atoms with van der Waals surface area (Å²) in [5.74, 6) is 0. The van der Waals surface area contributed by atoms with Crippen LogP contribution >= 0.6 is 22.3 Å². The molecule has 0 atom stereocenters. The van der Waals surface area contributed by atoms with Gasteiger partial charge in [-0.3, -0.25) is 0 Å². The Bertz CT molecular complexity index is 534. The first-order valence-corrected chi connectivity index (χ1v) is 6.46. The highest BCUT2D eigenvalue weighted by molar-refractivity contribution is 8.13. The van der Waals surface area contributed by atoms with Crippen molar-refractivity contribution in [2.45, 2.75) is 11.4 Å². The number of halogens is 2. The lowest BCUT2D eigenvalue weighted by molar-refractivity contribution is 0.609. The Labute approximate surface area is 96.6 Å². The van der Waals surface area contributed by atoms with Gasteiger partial charge in [0.15, 0.2) is 0 Å². The molecule has 1 rings (SSSR count). The highest BCUT2D eigenvalue weighted by atomic mass is 35.7. The Hall–Kier alpha value is -0.800. The molecule has 80 valence electrons. The first kappa shape index (κ1) is 12.3. The molecular formula is C8H6Cl2N2O2S. The van der Waals surface area contributed by atoms with E-state index in [0.717, 1.165) is 6.07 Å². The van der Waals surface area contributed by atoms with E-state index in [9.17, 15) is 8.42 Å². The number of nitriles is 1. The van der Waals surface area contributed by atoms with Crippen LogP contribution < -0.4 is 5.73 Å². The highest BCUT2D eigenvalue weighted by Gasteiger charge is 2.15. The Balaban J connectivity index is 3.56. The van der Waals surface area contributed by atoms with Gasteiger partial charge in [0.25, 0.3) is 9.05 Å². The quantitative estimate of drug-likeness (QED) is 0.823. The summed E-state index contributed by atoms with van der Waals surface area (Å²) < 4.78 is 22.1. The molecule has 0 aliphatic carbocycles.